The average Bonchev–Trinajstić information content (AvgIpc) is 3.05. The second-order valence-corrected chi connectivity index (χ2v) is 5.42. The minimum atomic E-state index is -0.891. The van der Waals surface area contributed by atoms with Crippen LogP contribution in [0, 0.1) is 0 Å². The summed E-state index contributed by atoms with van der Waals surface area (Å²) < 4.78 is 0. The van der Waals surface area contributed by atoms with Crippen molar-refractivity contribution in [3.8, 4) is 0 Å². The van der Waals surface area contributed by atoms with E-state index in [4.69, 9.17) is 17.2 Å². The van der Waals surface area contributed by atoms with E-state index < -0.39 is 29.8 Å². The van der Waals surface area contributed by atoms with Gasteiger partial charge in [-0.25, -0.2) is 4.98 Å². The van der Waals surface area contributed by atoms with Crippen molar-refractivity contribution in [2.75, 3.05) is 13.1 Å². The first-order valence-electron chi connectivity index (χ1n) is 7.73. The molecule has 0 bridgehead atoms. The zero-order valence-corrected chi connectivity index (χ0v) is 17.1. The van der Waals surface area contributed by atoms with Crippen molar-refractivity contribution in [3.05, 3.63) is 18.2 Å². The SMILES string of the molecule is Cl.Cl.Cl.NCCCC[C@H](N)C(=O)N[C@@H](Cc1cnc[nH]1)C(=O)NCC(N)=O. The molecule has 0 saturated carbocycles. The topological polar surface area (TPSA) is 182 Å². The zero-order chi connectivity index (χ0) is 17.9. The summed E-state index contributed by atoms with van der Waals surface area (Å²) >= 11 is 0. The quantitative estimate of drug-likeness (QED) is 0.230. The standard InChI is InChI=1S/C14H25N7O3.3ClH/c15-4-2-1-3-10(16)13(23)21-11(5-9-6-18-8-20-9)14(24)19-7-12(17)22;;;/h6,8,10-11H,1-5,7,15-16H2,(H2,17,22)(H,18,20)(H,19,24)(H,21,23);3*1H/t10-,11-;;;/m0.../s1. The van der Waals surface area contributed by atoms with Crippen molar-refractivity contribution < 1.29 is 14.4 Å². The Hall–Kier alpha value is -1.59. The number of imidazole rings is 1. The molecule has 0 fully saturated rings. The number of H-pyrrole nitrogens is 1. The Morgan fingerprint density at radius 3 is 2.33 bits per heavy atom. The molecule has 9 N–H and O–H groups in total. The van der Waals surface area contributed by atoms with E-state index in [1.165, 1.54) is 6.33 Å². The summed E-state index contributed by atoms with van der Waals surface area (Å²) in [5.74, 6) is -1.63. The molecule has 0 radical (unpaired) electrons. The number of primary amides is 1. The number of halogens is 3. The predicted molar refractivity (Wildman–Crippen MR) is 109 cm³/mol. The average molecular weight is 449 g/mol. The molecule has 0 aromatic carbocycles. The number of unbranched alkanes of at least 4 members (excludes halogenated alkanes) is 1. The number of carbonyl (C=O) groups excluding carboxylic acids is 3. The van der Waals surface area contributed by atoms with E-state index in [9.17, 15) is 14.4 Å². The fraction of sp³-hybridized carbons (Fsp3) is 0.571. The number of hydrogen-bond donors (Lipinski definition) is 6. The van der Waals surface area contributed by atoms with E-state index in [0.29, 0.717) is 18.7 Å². The van der Waals surface area contributed by atoms with Gasteiger partial charge in [-0.05, 0) is 19.4 Å². The monoisotopic (exact) mass is 447 g/mol. The van der Waals surface area contributed by atoms with E-state index in [-0.39, 0.29) is 50.2 Å². The summed E-state index contributed by atoms with van der Waals surface area (Å²) in [5, 5.41) is 4.97. The minimum absolute atomic E-state index is 0. The van der Waals surface area contributed by atoms with E-state index in [2.05, 4.69) is 20.6 Å². The molecule has 158 valence electrons. The molecule has 27 heavy (non-hydrogen) atoms. The van der Waals surface area contributed by atoms with Gasteiger partial charge in [0.05, 0.1) is 18.9 Å². The summed E-state index contributed by atoms with van der Waals surface area (Å²) in [6.07, 6.45) is 5.17. The Bertz CT molecular complexity index is 546. The first-order valence-corrected chi connectivity index (χ1v) is 7.73. The Balaban J connectivity index is -0.00000192. The van der Waals surface area contributed by atoms with Crippen LogP contribution in [0.4, 0.5) is 0 Å². The van der Waals surface area contributed by atoms with Crippen LogP contribution in [0.2, 0.25) is 0 Å². The fourth-order valence-electron chi connectivity index (χ4n) is 2.04. The van der Waals surface area contributed by atoms with Crippen molar-refractivity contribution in [3.63, 3.8) is 0 Å². The zero-order valence-electron chi connectivity index (χ0n) is 14.7. The maximum atomic E-state index is 12.2. The van der Waals surface area contributed by atoms with Gasteiger partial charge in [-0.2, -0.15) is 0 Å². The molecule has 10 nitrogen and oxygen atoms in total. The lowest BCUT2D eigenvalue weighted by atomic mass is 10.1. The number of nitrogens with zero attached hydrogens (tertiary/aromatic N) is 1. The first-order chi connectivity index (χ1) is 11.4. The molecular formula is C14H28Cl3N7O3. The lowest BCUT2D eigenvalue weighted by Gasteiger charge is -2.20. The number of hydrogen-bond acceptors (Lipinski definition) is 6. The molecule has 1 aromatic heterocycles. The van der Waals surface area contributed by atoms with Crippen molar-refractivity contribution in [2.24, 2.45) is 17.2 Å². The number of rotatable bonds is 11. The van der Waals surface area contributed by atoms with Gasteiger partial charge in [-0.1, -0.05) is 6.42 Å². The third kappa shape index (κ3) is 12.4. The molecule has 1 heterocycles. The molecule has 0 spiro atoms. The number of nitrogens with two attached hydrogens (primary N) is 3. The molecular weight excluding hydrogens is 421 g/mol. The van der Waals surface area contributed by atoms with Gasteiger partial charge in [0.25, 0.3) is 0 Å². The highest BCUT2D eigenvalue weighted by atomic mass is 35.5. The molecule has 1 rings (SSSR count). The van der Waals surface area contributed by atoms with E-state index in [1.54, 1.807) is 6.20 Å². The molecule has 0 aliphatic carbocycles. The van der Waals surface area contributed by atoms with Crippen LogP contribution in [0.15, 0.2) is 12.5 Å². The van der Waals surface area contributed by atoms with Crippen molar-refractivity contribution in [1.29, 1.82) is 0 Å². The maximum Gasteiger partial charge on any atom is 0.243 e. The highest BCUT2D eigenvalue weighted by Crippen LogP contribution is 2.02. The smallest absolute Gasteiger partial charge is 0.243 e. The Morgan fingerprint density at radius 1 is 1.15 bits per heavy atom. The van der Waals surface area contributed by atoms with Gasteiger partial charge in [0.15, 0.2) is 0 Å². The van der Waals surface area contributed by atoms with Crippen LogP contribution < -0.4 is 27.8 Å². The lowest BCUT2D eigenvalue weighted by Crippen LogP contribution is -2.53. The highest BCUT2D eigenvalue weighted by molar-refractivity contribution is 5.91. The number of carbonyl (C=O) groups is 3. The van der Waals surface area contributed by atoms with Crippen LogP contribution in [0.3, 0.4) is 0 Å². The maximum absolute atomic E-state index is 12.2. The molecule has 0 aliphatic rings. The second-order valence-electron chi connectivity index (χ2n) is 5.42. The molecule has 13 heteroatoms. The third-order valence-corrected chi connectivity index (χ3v) is 3.35. The number of amides is 3. The highest BCUT2D eigenvalue weighted by Gasteiger charge is 2.24. The van der Waals surface area contributed by atoms with E-state index in [0.717, 1.165) is 12.8 Å². The van der Waals surface area contributed by atoms with Crippen LogP contribution in [0.5, 0.6) is 0 Å². The van der Waals surface area contributed by atoms with Gasteiger partial charge in [0, 0.05) is 18.3 Å². The summed E-state index contributed by atoms with van der Waals surface area (Å²) in [6, 6.07) is -1.62. The van der Waals surface area contributed by atoms with Gasteiger partial charge in [0.1, 0.15) is 6.04 Å². The largest absolute Gasteiger partial charge is 0.368 e. The molecule has 3 amide bonds. The molecule has 1 aromatic rings. The van der Waals surface area contributed by atoms with Crippen molar-refractivity contribution >= 4 is 54.9 Å². The van der Waals surface area contributed by atoms with E-state index in [1.807, 2.05) is 0 Å². The van der Waals surface area contributed by atoms with Crippen LogP contribution in [0.1, 0.15) is 25.0 Å². The fourth-order valence-corrected chi connectivity index (χ4v) is 2.04. The van der Waals surface area contributed by atoms with Gasteiger partial charge in [0.2, 0.25) is 17.7 Å². The first kappa shape index (κ1) is 30.1. The van der Waals surface area contributed by atoms with Crippen LogP contribution in [0.25, 0.3) is 0 Å². The van der Waals surface area contributed by atoms with Gasteiger partial charge >= 0.3 is 0 Å². The molecule has 0 aliphatic heterocycles. The molecule has 2 atom stereocenters. The predicted octanol–water partition coefficient (Wildman–Crippen LogP) is -1.24. The van der Waals surface area contributed by atoms with Gasteiger partial charge in [-0.3, -0.25) is 14.4 Å². The van der Waals surface area contributed by atoms with Crippen LogP contribution >= 0.6 is 37.2 Å². The van der Waals surface area contributed by atoms with Crippen molar-refractivity contribution in [2.45, 2.75) is 37.8 Å². The number of nitrogens with one attached hydrogen (secondary N) is 3. The second kappa shape index (κ2) is 16.6. The number of aromatic nitrogens is 2. The Kier molecular flexibility index (Phi) is 18.5. The Morgan fingerprint density at radius 2 is 1.81 bits per heavy atom. The van der Waals surface area contributed by atoms with Crippen LogP contribution in [-0.2, 0) is 20.8 Å². The van der Waals surface area contributed by atoms with Crippen molar-refractivity contribution in [1.82, 2.24) is 20.6 Å². The Labute approximate surface area is 176 Å². The van der Waals surface area contributed by atoms with Gasteiger partial charge < -0.3 is 32.8 Å². The van der Waals surface area contributed by atoms with Gasteiger partial charge in [-0.15, -0.1) is 37.2 Å². The van der Waals surface area contributed by atoms with E-state index >= 15 is 0 Å². The normalized spacial score (nSPS) is 11.6. The summed E-state index contributed by atoms with van der Waals surface area (Å²) in [7, 11) is 0. The molecule has 0 unspecified atom stereocenters. The van der Waals surface area contributed by atoms with Crippen LogP contribution in [-0.4, -0.2) is 52.9 Å². The summed E-state index contributed by atoms with van der Waals surface area (Å²) in [4.78, 5) is 41.8. The minimum Gasteiger partial charge on any atom is -0.368 e. The molecule has 0 saturated heterocycles. The summed E-state index contributed by atoms with van der Waals surface area (Å²) in [5.41, 5.74) is 16.9. The lowest BCUT2D eigenvalue weighted by molar-refractivity contribution is -0.130. The third-order valence-electron chi connectivity index (χ3n) is 3.35. The number of aromatic amines is 1. The summed E-state index contributed by atoms with van der Waals surface area (Å²) in [6.45, 7) is 0.225.